The zero-order valence-corrected chi connectivity index (χ0v) is 18.4. The lowest BCUT2D eigenvalue weighted by atomic mass is 10.1. The number of carbonyl (C=O) groups is 3. The first kappa shape index (κ1) is 25.7. The monoisotopic (exact) mass is 420 g/mol. The van der Waals surface area contributed by atoms with Gasteiger partial charge in [0.05, 0.1) is 6.61 Å². The molecule has 0 aliphatic carbocycles. The molecule has 0 amide bonds. The Morgan fingerprint density at radius 1 is 0.733 bits per heavy atom. The van der Waals surface area contributed by atoms with Crippen molar-refractivity contribution >= 4 is 18.1 Å². The van der Waals surface area contributed by atoms with E-state index in [1.807, 2.05) is 44.2 Å². The van der Waals surface area contributed by atoms with E-state index in [4.69, 9.17) is 9.47 Å². The Morgan fingerprint density at radius 2 is 1.27 bits per heavy atom. The van der Waals surface area contributed by atoms with E-state index in [2.05, 4.69) is 4.74 Å². The van der Waals surface area contributed by atoms with Crippen molar-refractivity contribution in [2.45, 2.75) is 84.7 Å². The molecule has 1 aromatic rings. The molecule has 1 rings (SSSR count). The van der Waals surface area contributed by atoms with E-state index in [9.17, 15) is 14.4 Å². The second kappa shape index (κ2) is 16.4. The zero-order chi connectivity index (χ0) is 22.0. The maximum Gasteiger partial charge on any atom is 0.516 e. The fourth-order valence-electron chi connectivity index (χ4n) is 2.82. The largest absolute Gasteiger partial charge is 0.516 e. The number of unbranched alkanes of at least 4 members (excludes halogenated alkanes) is 7. The van der Waals surface area contributed by atoms with Crippen molar-refractivity contribution in [2.75, 3.05) is 6.61 Å². The van der Waals surface area contributed by atoms with Gasteiger partial charge in [0.2, 0.25) is 0 Å². The van der Waals surface area contributed by atoms with Gasteiger partial charge in [-0.15, -0.1) is 0 Å². The Bertz CT molecular complexity index is 611. The number of hydrogen-bond donors (Lipinski definition) is 0. The van der Waals surface area contributed by atoms with Crippen LogP contribution in [0.1, 0.15) is 83.6 Å². The van der Waals surface area contributed by atoms with Gasteiger partial charge in [0.15, 0.2) is 0 Å². The highest BCUT2D eigenvalue weighted by molar-refractivity contribution is 5.81. The average Bonchev–Trinajstić information content (AvgIpc) is 2.72. The van der Waals surface area contributed by atoms with Crippen LogP contribution in [0.3, 0.4) is 0 Å². The van der Waals surface area contributed by atoms with Crippen molar-refractivity contribution in [1.29, 1.82) is 0 Å². The van der Waals surface area contributed by atoms with E-state index in [-0.39, 0.29) is 24.9 Å². The predicted octanol–water partition coefficient (Wildman–Crippen LogP) is 5.97. The molecule has 0 aliphatic heterocycles. The molecule has 0 radical (unpaired) electrons. The summed E-state index contributed by atoms with van der Waals surface area (Å²) in [5, 5.41) is 0. The van der Waals surface area contributed by atoms with Gasteiger partial charge in [-0.2, -0.15) is 0 Å². The number of benzene rings is 1. The Labute approximate surface area is 180 Å². The van der Waals surface area contributed by atoms with Crippen LogP contribution in [-0.2, 0) is 30.4 Å². The number of esters is 2. The van der Waals surface area contributed by atoms with Gasteiger partial charge in [0.25, 0.3) is 0 Å². The summed E-state index contributed by atoms with van der Waals surface area (Å²) in [7, 11) is 0. The Kier molecular flexibility index (Phi) is 14.1. The zero-order valence-electron chi connectivity index (χ0n) is 18.4. The highest BCUT2D eigenvalue weighted by Crippen LogP contribution is 2.12. The van der Waals surface area contributed by atoms with Crippen molar-refractivity contribution in [2.24, 2.45) is 5.92 Å². The third-order valence-electron chi connectivity index (χ3n) is 4.49. The van der Waals surface area contributed by atoms with Crippen LogP contribution in [0, 0.1) is 5.92 Å². The average molecular weight is 421 g/mol. The van der Waals surface area contributed by atoms with Crippen LogP contribution in [-0.4, -0.2) is 24.7 Å². The van der Waals surface area contributed by atoms with Crippen molar-refractivity contribution in [3.63, 3.8) is 0 Å². The normalized spacial score (nSPS) is 10.6. The third-order valence-corrected chi connectivity index (χ3v) is 4.49. The van der Waals surface area contributed by atoms with Crippen molar-refractivity contribution < 1.29 is 28.6 Å². The van der Waals surface area contributed by atoms with Gasteiger partial charge in [-0.25, -0.2) is 4.79 Å². The molecular weight excluding hydrogens is 384 g/mol. The maximum absolute atomic E-state index is 11.7. The molecule has 0 saturated carbocycles. The topological polar surface area (TPSA) is 78.9 Å². The van der Waals surface area contributed by atoms with Gasteiger partial charge < -0.3 is 14.2 Å². The molecule has 0 aliphatic rings. The first-order valence-corrected chi connectivity index (χ1v) is 11.0. The van der Waals surface area contributed by atoms with Crippen LogP contribution < -0.4 is 0 Å². The highest BCUT2D eigenvalue weighted by Gasteiger charge is 2.12. The fraction of sp³-hybridized carbons (Fsp3) is 0.625. The van der Waals surface area contributed by atoms with E-state index >= 15 is 0 Å². The Hall–Kier alpha value is -2.37. The molecule has 0 heterocycles. The number of rotatable bonds is 15. The van der Waals surface area contributed by atoms with Crippen LogP contribution in [0.15, 0.2) is 30.3 Å². The lowest BCUT2D eigenvalue weighted by Gasteiger charge is -2.07. The summed E-state index contributed by atoms with van der Waals surface area (Å²) < 4.78 is 14.7. The van der Waals surface area contributed by atoms with E-state index in [0.717, 1.165) is 50.5 Å². The third kappa shape index (κ3) is 14.6. The summed E-state index contributed by atoms with van der Waals surface area (Å²) in [6, 6.07) is 9.68. The molecule has 1 aromatic carbocycles. The fourth-order valence-corrected chi connectivity index (χ4v) is 2.82. The first-order valence-electron chi connectivity index (χ1n) is 11.0. The summed E-state index contributed by atoms with van der Waals surface area (Å²) in [5.74, 6) is -0.456. The molecule has 0 aromatic heterocycles. The van der Waals surface area contributed by atoms with E-state index in [1.54, 1.807) is 0 Å². The number of ether oxygens (including phenoxy) is 3. The minimum Gasteiger partial charge on any atom is -0.461 e. The van der Waals surface area contributed by atoms with Gasteiger partial charge in [0.1, 0.15) is 6.61 Å². The lowest BCUT2D eigenvalue weighted by Crippen LogP contribution is -2.16. The minimum atomic E-state index is -0.905. The minimum absolute atomic E-state index is 0.140. The van der Waals surface area contributed by atoms with Crippen LogP contribution >= 0.6 is 0 Å². The van der Waals surface area contributed by atoms with Gasteiger partial charge in [0, 0.05) is 12.8 Å². The van der Waals surface area contributed by atoms with Crippen molar-refractivity contribution in [1.82, 2.24) is 0 Å². The van der Waals surface area contributed by atoms with Crippen LogP contribution in [0.5, 0.6) is 0 Å². The Balaban J connectivity index is 1.87. The Morgan fingerprint density at radius 3 is 1.83 bits per heavy atom. The summed E-state index contributed by atoms with van der Waals surface area (Å²) in [6.07, 6.45) is 7.67. The maximum atomic E-state index is 11.7. The second-order valence-corrected chi connectivity index (χ2v) is 7.90. The molecule has 0 N–H and O–H groups in total. The smallest absolute Gasteiger partial charge is 0.461 e. The van der Waals surface area contributed by atoms with E-state index in [0.29, 0.717) is 19.4 Å². The molecule has 0 fully saturated rings. The van der Waals surface area contributed by atoms with Crippen LogP contribution in [0.2, 0.25) is 0 Å². The molecule has 6 heteroatoms. The number of carbonyl (C=O) groups excluding carboxylic acids is 3. The molecule has 30 heavy (non-hydrogen) atoms. The van der Waals surface area contributed by atoms with Gasteiger partial charge in [-0.05, 0) is 24.3 Å². The molecule has 0 bridgehead atoms. The SMILES string of the molecule is CC(C)COC(=O)OC(=O)CCCCCCCCCCC(=O)OCc1ccccc1. The highest BCUT2D eigenvalue weighted by atomic mass is 16.7. The van der Waals surface area contributed by atoms with Gasteiger partial charge in [-0.3, -0.25) is 9.59 Å². The van der Waals surface area contributed by atoms with Crippen LogP contribution in [0.4, 0.5) is 4.79 Å². The van der Waals surface area contributed by atoms with Crippen molar-refractivity contribution in [3.05, 3.63) is 35.9 Å². The number of hydrogen-bond acceptors (Lipinski definition) is 6. The summed E-state index contributed by atoms with van der Waals surface area (Å²) >= 11 is 0. The summed E-state index contributed by atoms with van der Waals surface area (Å²) in [5.41, 5.74) is 1.00. The van der Waals surface area contributed by atoms with Crippen LogP contribution in [0.25, 0.3) is 0 Å². The van der Waals surface area contributed by atoms with E-state index < -0.39 is 12.1 Å². The summed E-state index contributed by atoms with van der Waals surface area (Å²) in [4.78, 5) is 34.5. The van der Waals surface area contributed by atoms with Gasteiger partial charge in [-0.1, -0.05) is 82.7 Å². The molecule has 168 valence electrons. The first-order chi connectivity index (χ1) is 14.5. The second-order valence-electron chi connectivity index (χ2n) is 7.90. The quantitative estimate of drug-likeness (QED) is 0.198. The summed E-state index contributed by atoms with van der Waals surface area (Å²) in [6.45, 7) is 4.42. The standard InChI is InChI=1S/C24H36O6/c1-20(2)18-29-24(27)30-23(26)17-13-8-6-4-3-5-7-12-16-22(25)28-19-21-14-10-9-11-15-21/h9-11,14-15,20H,3-8,12-13,16-19H2,1-2H3. The molecule has 0 spiro atoms. The molecule has 0 atom stereocenters. The molecule has 6 nitrogen and oxygen atoms in total. The molecule has 0 saturated heterocycles. The molecular formula is C24H36O6. The lowest BCUT2D eigenvalue weighted by molar-refractivity contribution is -0.145. The molecule has 0 unspecified atom stereocenters. The van der Waals surface area contributed by atoms with Crippen molar-refractivity contribution in [3.8, 4) is 0 Å². The predicted molar refractivity (Wildman–Crippen MR) is 115 cm³/mol. The van der Waals surface area contributed by atoms with E-state index in [1.165, 1.54) is 0 Å². The van der Waals surface area contributed by atoms with Gasteiger partial charge >= 0.3 is 18.1 Å².